The zero-order chi connectivity index (χ0) is 22.9. The SMILES string of the molecule is CC(O)Oc1ccc(CC(C)N(CC(O)c2ccccc2)CC(O)c2ccccc2)cc1.Cl. The lowest BCUT2D eigenvalue weighted by Gasteiger charge is -2.33. The van der Waals surface area contributed by atoms with E-state index in [2.05, 4.69) is 11.8 Å². The van der Waals surface area contributed by atoms with Gasteiger partial charge in [-0.25, -0.2) is 0 Å². The third-order valence-corrected chi connectivity index (χ3v) is 5.57. The first-order valence-electron chi connectivity index (χ1n) is 11.1. The zero-order valence-electron chi connectivity index (χ0n) is 19.1. The van der Waals surface area contributed by atoms with Crippen LogP contribution in [0, 0.1) is 0 Å². The Hall–Kier alpha value is -2.41. The molecule has 3 rings (SSSR count). The van der Waals surface area contributed by atoms with Crippen LogP contribution in [0.15, 0.2) is 84.9 Å². The summed E-state index contributed by atoms with van der Waals surface area (Å²) in [5, 5.41) is 31.1. The van der Waals surface area contributed by atoms with Crippen LogP contribution in [-0.2, 0) is 6.42 Å². The van der Waals surface area contributed by atoms with Gasteiger partial charge in [-0.3, -0.25) is 4.90 Å². The summed E-state index contributed by atoms with van der Waals surface area (Å²) in [6.45, 7) is 4.51. The summed E-state index contributed by atoms with van der Waals surface area (Å²) in [6.07, 6.45) is -1.40. The maximum absolute atomic E-state index is 10.8. The number of rotatable bonds is 11. The highest BCUT2D eigenvalue weighted by molar-refractivity contribution is 5.85. The van der Waals surface area contributed by atoms with Crippen LogP contribution in [0.4, 0.5) is 0 Å². The number of halogens is 1. The quantitative estimate of drug-likeness (QED) is 0.358. The van der Waals surface area contributed by atoms with E-state index < -0.39 is 18.5 Å². The van der Waals surface area contributed by atoms with Crippen LogP contribution in [0.25, 0.3) is 0 Å². The molecule has 3 aromatic rings. The van der Waals surface area contributed by atoms with Crippen molar-refractivity contribution in [1.82, 2.24) is 4.90 Å². The Bertz CT molecular complexity index is 874. The molecule has 3 N–H and O–H groups in total. The predicted octanol–water partition coefficient (Wildman–Crippen LogP) is 4.53. The molecule has 0 fully saturated rings. The van der Waals surface area contributed by atoms with E-state index in [1.165, 1.54) is 0 Å². The van der Waals surface area contributed by atoms with Crippen LogP contribution < -0.4 is 4.74 Å². The fraction of sp³-hybridized carbons (Fsp3) is 0.333. The molecule has 0 bridgehead atoms. The van der Waals surface area contributed by atoms with E-state index in [1.54, 1.807) is 6.92 Å². The average Bonchev–Trinajstić information content (AvgIpc) is 2.80. The molecule has 178 valence electrons. The Morgan fingerprint density at radius 1 is 0.697 bits per heavy atom. The molecule has 0 radical (unpaired) electrons. The minimum atomic E-state index is -0.853. The zero-order valence-corrected chi connectivity index (χ0v) is 19.9. The molecule has 4 atom stereocenters. The van der Waals surface area contributed by atoms with Gasteiger partial charge in [0.25, 0.3) is 0 Å². The number of ether oxygens (including phenoxy) is 1. The lowest BCUT2D eigenvalue weighted by atomic mass is 10.0. The largest absolute Gasteiger partial charge is 0.465 e. The van der Waals surface area contributed by atoms with Crippen molar-refractivity contribution < 1.29 is 20.1 Å². The summed E-state index contributed by atoms with van der Waals surface area (Å²) in [6, 6.07) is 26.9. The molecule has 6 heteroatoms. The van der Waals surface area contributed by atoms with Crippen molar-refractivity contribution in [3.8, 4) is 5.75 Å². The molecular formula is C27H34ClNO4. The molecule has 0 aromatic heterocycles. The Balaban J connectivity index is 0.00000385. The molecule has 5 nitrogen and oxygen atoms in total. The van der Waals surface area contributed by atoms with Crippen molar-refractivity contribution in [3.05, 3.63) is 102 Å². The summed E-state index contributed by atoms with van der Waals surface area (Å²) >= 11 is 0. The van der Waals surface area contributed by atoms with E-state index >= 15 is 0 Å². The molecule has 3 aromatic carbocycles. The normalized spacial score (nSPS) is 14.7. The predicted molar refractivity (Wildman–Crippen MR) is 134 cm³/mol. The van der Waals surface area contributed by atoms with Gasteiger partial charge in [-0.15, -0.1) is 12.4 Å². The van der Waals surface area contributed by atoms with Gasteiger partial charge in [0, 0.05) is 19.1 Å². The Morgan fingerprint density at radius 2 is 1.15 bits per heavy atom. The number of nitrogens with zero attached hydrogens (tertiary/aromatic N) is 1. The van der Waals surface area contributed by atoms with Gasteiger partial charge in [-0.05, 0) is 49.1 Å². The number of hydrogen-bond acceptors (Lipinski definition) is 5. The highest BCUT2D eigenvalue weighted by atomic mass is 35.5. The van der Waals surface area contributed by atoms with Gasteiger partial charge in [-0.1, -0.05) is 72.8 Å². The summed E-state index contributed by atoms with van der Waals surface area (Å²) in [4.78, 5) is 2.13. The van der Waals surface area contributed by atoms with Crippen LogP contribution >= 0.6 is 12.4 Å². The number of benzene rings is 3. The van der Waals surface area contributed by atoms with Crippen molar-refractivity contribution in [2.75, 3.05) is 13.1 Å². The van der Waals surface area contributed by atoms with E-state index in [9.17, 15) is 15.3 Å². The smallest absolute Gasteiger partial charge is 0.194 e. The lowest BCUT2D eigenvalue weighted by molar-refractivity contribution is -0.000309. The molecule has 4 unspecified atom stereocenters. The fourth-order valence-electron chi connectivity index (χ4n) is 3.81. The maximum Gasteiger partial charge on any atom is 0.194 e. The second kappa shape index (κ2) is 13.3. The summed E-state index contributed by atoms with van der Waals surface area (Å²) in [7, 11) is 0. The Kier molecular flexibility index (Phi) is 10.8. The van der Waals surface area contributed by atoms with Gasteiger partial charge in [0.15, 0.2) is 6.29 Å². The number of aliphatic hydroxyl groups excluding tert-OH is 3. The van der Waals surface area contributed by atoms with Gasteiger partial charge >= 0.3 is 0 Å². The molecular weight excluding hydrogens is 438 g/mol. The summed E-state index contributed by atoms with van der Waals surface area (Å²) < 4.78 is 5.30. The van der Waals surface area contributed by atoms with E-state index in [0.29, 0.717) is 18.8 Å². The van der Waals surface area contributed by atoms with Crippen molar-refractivity contribution in [1.29, 1.82) is 0 Å². The van der Waals surface area contributed by atoms with Crippen molar-refractivity contribution in [2.45, 2.75) is 44.8 Å². The molecule has 0 heterocycles. The average molecular weight is 472 g/mol. The first-order valence-corrected chi connectivity index (χ1v) is 11.1. The van der Waals surface area contributed by atoms with E-state index in [1.807, 2.05) is 84.9 Å². The third kappa shape index (κ3) is 8.46. The summed E-state index contributed by atoms with van der Waals surface area (Å²) in [5.41, 5.74) is 2.83. The van der Waals surface area contributed by atoms with E-state index in [0.717, 1.165) is 23.1 Å². The van der Waals surface area contributed by atoms with Crippen LogP contribution in [0.1, 0.15) is 42.7 Å². The first kappa shape index (κ1) is 26.8. The fourth-order valence-corrected chi connectivity index (χ4v) is 3.81. The highest BCUT2D eigenvalue weighted by Crippen LogP contribution is 2.22. The second-order valence-electron chi connectivity index (χ2n) is 8.22. The first-order chi connectivity index (χ1) is 15.4. The maximum atomic E-state index is 10.8. The molecule has 0 saturated carbocycles. The van der Waals surface area contributed by atoms with Gasteiger partial charge in [0.2, 0.25) is 0 Å². The van der Waals surface area contributed by atoms with E-state index in [4.69, 9.17) is 4.74 Å². The summed E-state index contributed by atoms with van der Waals surface area (Å²) in [5.74, 6) is 0.618. The van der Waals surface area contributed by atoms with Crippen molar-refractivity contribution >= 4 is 12.4 Å². The van der Waals surface area contributed by atoms with Crippen molar-refractivity contribution in [2.24, 2.45) is 0 Å². The Morgan fingerprint density at radius 3 is 1.58 bits per heavy atom. The minimum absolute atomic E-state index is 0. The highest BCUT2D eigenvalue weighted by Gasteiger charge is 2.22. The lowest BCUT2D eigenvalue weighted by Crippen LogP contribution is -2.40. The molecule has 0 aliphatic rings. The van der Waals surface area contributed by atoms with Crippen LogP contribution in [0.5, 0.6) is 5.75 Å². The van der Waals surface area contributed by atoms with Gasteiger partial charge < -0.3 is 20.1 Å². The van der Waals surface area contributed by atoms with Crippen LogP contribution in [-0.4, -0.2) is 45.6 Å². The third-order valence-electron chi connectivity index (χ3n) is 5.57. The van der Waals surface area contributed by atoms with E-state index in [-0.39, 0.29) is 18.4 Å². The minimum Gasteiger partial charge on any atom is -0.465 e. The van der Waals surface area contributed by atoms with Gasteiger partial charge in [0.1, 0.15) is 5.75 Å². The molecule has 0 aliphatic heterocycles. The molecule has 0 saturated heterocycles. The van der Waals surface area contributed by atoms with Gasteiger partial charge in [0.05, 0.1) is 12.2 Å². The monoisotopic (exact) mass is 471 g/mol. The molecule has 0 spiro atoms. The van der Waals surface area contributed by atoms with Crippen LogP contribution in [0.2, 0.25) is 0 Å². The van der Waals surface area contributed by atoms with Gasteiger partial charge in [-0.2, -0.15) is 0 Å². The van der Waals surface area contributed by atoms with Crippen molar-refractivity contribution in [3.63, 3.8) is 0 Å². The number of hydrogen-bond donors (Lipinski definition) is 3. The standard InChI is InChI=1S/C27H33NO4.ClH/c1-20(17-22-13-15-25(16-14-22)32-21(2)29)28(18-26(30)23-9-5-3-6-10-23)19-27(31)24-11-7-4-8-12-24;/h3-16,20-21,26-27,29-31H,17-19H2,1-2H3;1H. The topological polar surface area (TPSA) is 73.2 Å². The molecule has 0 aliphatic carbocycles. The molecule has 0 amide bonds. The number of aliphatic hydroxyl groups is 3. The Labute approximate surface area is 202 Å². The molecule has 33 heavy (non-hydrogen) atoms. The van der Waals surface area contributed by atoms with Crippen LogP contribution in [0.3, 0.4) is 0 Å². The second-order valence-corrected chi connectivity index (χ2v) is 8.22.